The summed E-state index contributed by atoms with van der Waals surface area (Å²) in [6, 6.07) is 27.7. The Morgan fingerprint density at radius 1 is 1.03 bits per heavy atom. The Bertz CT molecular complexity index is 1530. The van der Waals surface area contributed by atoms with E-state index in [0.29, 0.717) is 29.9 Å². The zero-order valence-corrected chi connectivity index (χ0v) is 23.6. The largest absolute Gasteiger partial charge is 0.493 e. The molecule has 1 heterocycles. The van der Waals surface area contributed by atoms with Crippen LogP contribution in [0.5, 0.6) is 11.5 Å². The van der Waals surface area contributed by atoms with Gasteiger partial charge in [0.05, 0.1) is 22.4 Å². The van der Waals surface area contributed by atoms with E-state index in [4.69, 9.17) is 14.5 Å². The molecule has 0 saturated carbocycles. The standard InChI is InChI=1S/C33H28FIN2O2/c1-38-31-18-22(17-29(35)33(31)39-20-21-9-13-24(34)14-10-21)19-36-25-15-11-23(12-16-25)32-28-7-4-6-26(28)27-5-2-3-8-30(27)37-32/h2-6,8-19,26,28,32,37H,7,20H2,1H3/t26-,28-,32+/m1/s1. The summed E-state index contributed by atoms with van der Waals surface area (Å²) in [6.45, 7) is 0.325. The molecule has 3 atom stereocenters. The van der Waals surface area contributed by atoms with Crippen LogP contribution in [-0.2, 0) is 6.61 Å². The van der Waals surface area contributed by atoms with E-state index in [9.17, 15) is 4.39 Å². The lowest BCUT2D eigenvalue weighted by molar-refractivity contribution is 0.282. The van der Waals surface area contributed by atoms with Gasteiger partial charge >= 0.3 is 0 Å². The fourth-order valence-corrected chi connectivity index (χ4v) is 6.26. The number of aliphatic imine (C=N–C) groups is 1. The molecular weight excluding hydrogens is 602 g/mol. The van der Waals surface area contributed by atoms with E-state index >= 15 is 0 Å². The molecule has 0 unspecified atom stereocenters. The summed E-state index contributed by atoms with van der Waals surface area (Å²) in [5.74, 6) is 2.01. The summed E-state index contributed by atoms with van der Waals surface area (Å²) >= 11 is 2.24. The van der Waals surface area contributed by atoms with Crippen molar-refractivity contribution >= 4 is 40.2 Å². The fraction of sp³-hybridized carbons (Fsp3) is 0.182. The number of hydrogen-bond acceptors (Lipinski definition) is 4. The van der Waals surface area contributed by atoms with Crippen molar-refractivity contribution in [3.63, 3.8) is 0 Å². The Labute approximate surface area is 241 Å². The van der Waals surface area contributed by atoms with Crippen molar-refractivity contribution in [3.05, 3.63) is 129 Å². The highest BCUT2D eigenvalue weighted by molar-refractivity contribution is 14.1. The van der Waals surface area contributed by atoms with Gasteiger partial charge in [-0.05, 0) is 99.6 Å². The molecule has 4 aromatic rings. The molecule has 0 spiro atoms. The van der Waals surface area contributed by atoms with Gasteiger partial charge in [0.1, 0.15) is 12.4 Å². The number of halogens is 2. The van der Waals surface area contributed by atoms with Gasteiger partial charge < -0.3 is 14.8 Å². The lowest BCUT2D eigenvalue weighted by Gasteiger charge is -2.37. The summed E-state index contributed by atoms with van der Waals surface area (Å²) in [5, 5.41) is 3.79. The first-order valence-corrected chi connectivity index (χ1v) is 14.1. The van der Waals surface area contributed by atoms with Crippen molar-refractivity contribution < 1.29 is 13.9 Å². The Kier molecular flexibility index (Phi) is 7.37. The van der Waals surface area contributed by atoms with E-state index in [-0.39, 0.29) is 11.9 Å². The van der Waals surface area contributed by atoms with Crippen LogP contribution < -0.4 is 14.8 Å². The van der Waals surface area contributed by atoms with Crippen LogP contribution in [0.15, 0.2) is 102 Å². The van der Waals surface area contributed by atoms with Gasteiger partial charge in [-0.25, -0.2) is 4.39 Å². The molecule has 196 valence electrons. The maximum atomic E-state index is 13.2. The number of hydrogen-bond donors (Lipinski definition) is 1. The number of ether oxygens (including phenoxy) is 2. The second-order valence-electron chi connectivity index (χ2n) is 9.86. The van der Waals surface area contributed by atoms with Crippen molar-refractivity contribution in [2.75, 3.05) is 12.4 Å². The lowest BCUT2D eigenvalue weighted by atomic mass is 9.77. The maximum Gasteiger partial charge on any atom is 0.174 e. The summed E-state index contributed by atoms with van der Waals surface area (Å²) in [4.78, 5) is 4.72. The molecule has 39 heavy (non-hydrogen) atoms. The smallest absolute Gasteiger partial charge is 0.174 e. The number of methoxy groups -OCH3 is 1. The van der Waals surface area contributed by atoms with E-state index in [1.165, 1.54) is 28.9 Å². The first-order chi connectivity index (χ1) is 19.1. The Hall–Kier alpha value is -3.65. The number of fused-ring (bicyclic) bond motifs is 3. The van der Waals surface area contributed by atoms with Crippen molar-refractivity contribution in [1.29, 1.82) is 0 Å². The third-order valence-corrected chi connectivity index (χ3v) is 8.24. The Morgan fingerprint density at radius 2 is 1.82 bits per heavy atom. The molecule has 0 saturated heterocycles. The number of rotatable bonds is 7. The zero-order valence-electron chi connectivity index (χ0n) is 21.5. The van der Waals surface area contributed by atoms with Crippen LogP contribution in [0.25, 0.3) is 0 Å². The minimum Gasteiger partial charge on any atom is -0.493 e. The predicted molar refractivity (Wildman–Crippen MR) is 163 cm³/mol. The van der Waals surface area contributed by atoms with Crippen LogP contribution in [0.4, 0.5) is 15.8 Å². The molecule has 6 heteroatoms. The van der Waals surface area contributed by atoms with Gasteiger partial charge in [0, 0.05) is 17.8 Å². The Balaban J connectivity index is 1.16. The van der Waals surface area contributed by atoms with E-state index in [2.05, 4.69) is 88.6 Å². The number of para-hydroxylation sites is 1. The molecule has 6 rings (SSSR count). The number of nitrogens with zero attached hydrogens (tertiary/aromatic N) is 1. The number of anilines is 1. The third-order valence-electron chi connectivity index (χ3n) is 7.44. The molecule has 0 fully saturated rings. The molecule has 1 aliphatic heterocycles. The Morgan fingerprint density at radius 3 is 2.62 bits per heavy atom. The molecule has 0 bridgehead atoms. The summed E-state index contributed by atoms with van der Waals surface area (Å²) in [7, 11) is 1.62. The molecule has 0 aromatic heterocycles. The number of allylic oxidation sites excluding steroid dienone is 2. The topological polar surface area (TPSA) is 42.8 Å². The van der Waals surface area contributed by atoms with Gasteiger partial charge in [-0.1, -0.05) is 54.6 Å². The van der Waals surface area contributed by atoms with Crippen LogP contribution >= 0.6 is 22.6 Å². The zero-order chi connectivity index (χ0) is 26.8. The SMILES string of the molecule is COc1cc(C=Nc2ccc([C@@H]3Nc4ccccc4[C@H]4C=CC[C@H]43)cc2)cc(I)c1OCc1ccc(F)cc1. The second-order valence-corrected chi connectivity index (χ2v) is 11.0. The minimum atomic E-state index is -0.264. The van der Waals surface area contributed by atoms with E-state index in [1.54, 1.807) is 19.2 Å². The minimum absolute atomic E-state index is 0.264. The van der Waals surface area contributed by atoms with Gasteiger partial charge in [-0.15, -0.1) is 0 Å². The second kappa shape index (κ2) is 11.2. The molecule has 2 aliphatic rings. The highest BCUT2D eigenvalue weighted by Crippen LogP contribution is 2.49. The summed E-state index contributed by atoms with van der Waals surface area (Å²) in [6.07, 6.45) is 7.61. The van der Waals surface area contributed by atoms with Crippen molar-refractivity contribution in [2.45, 2.75) is 25.0 Å². The van der Waals surface area contributed by atoms with Gasteiger partial charge in [0.2, 0.25) is 0 Å². The third kappa shape index (κ3) is 5.43. The van der Waals surface area contributed by atoms with E-state index in [1.807, 2.05) is 18.3 Å². The van der Waals surface area contributed by atoms with Crippen LogP contribution in [0.1, 0.15) is 40.6 Å². The van der Waals surface area contributed by atoms with Crippen LogP contribution in [0.3, 0.4) is 0 Å². The van der Waals surface area contributed by atoms with E-state index < -0.39 is 0 Å². The van der Waals surface area contributed by atoms with Crippen molar-refractivity contribution in [1.82, 2.24) is 0 Å². The fourth-order valence-electron chi connectivity index (χ4n) is 5.48. The maximum absolute atomic E-state index is 13.2. The molecule has 0 radical (unpaired) electrons. The van der Waals surface area contributed by atoms with E-state index in [0.717, 1.165) is 26.8 Å². The average molecular weight is 631 g/mol. The monoisotopic (exact) mass is 630 g/mol. The quantitative estimate of drug-likeness (QED) is 0.126. The van der Waals surface area contributed by atoms with Gasteiger partial charge in [0.25, 0.3) is 0 Å². The van der Waals surface area contributed by atoms with Crippen molar-refractivity contribution in [3.8, 4) is 11.5 Å². The van der Waals surface area contributed by atoms with Crippen LogP contribution in [-0.4, -0.2) is 13.3 Å². The normalized spacial score (nSPS) is 19.4. The molecule has 1 N–H and O–H groups in total. The summed E-state index contributed by atoms with van der Waals surface area (Å²) in [5.41, 5.74) is 6.59. The highest BCUT2D eigenvalue weighted by Gasteiger charge is 2.37. The van der Waals surface area contributed by atoms with Gasteiger partial charge in [-0.2, -0.15) is 0 Å². The first kappa shape index (κ1) is 25.6. The molecule has 4 nitrogen and oxygen atoms in total. The number of benzene rings is 4. The van der Waals surface area contributed by atoms with Gasteiger partial charge in [0.15, 0.2) is 11.5 Å². The van der Waals surface area contributed by atoms with Gasteiger partial charge in [-0.3, -0.25) is 4.99 Å². The molecule has 0 amide bonds. The molecule has 1 aliphatic carbocycles. The number of nitrogens with one attached hydrogen (secondary N) is 1. The summed E-state index contributed by atoms with van der Waals surface area (Å²) < 4.78 is 25.7. The molecular formula is C33H28FIN2O2. The van der Waals surface area contributed by atoms with Crippen molar-refractivity contribution in [2.24, 2.45) is 10.9 Å². The predicted octanol–water partition coefficient (Wildman–Crippen LogP) is 8.60. The average Bonchev–Trinajstić information content (AvgIpc) is 3.46. The highest BCUT2D eigenvalue weighted by atomic mass is 127. The first-order valence-electron chi connectivity index (χ1n) is 13.0. The molecule has 4 aromatic carbocycles. The van der Waals surface area contributed by atoms with Crippen LogP contribution in [0, 0.1) is 15.3 Å². The van der Waals surface area contributed by atoms with Crippen LogP contribution in [0.2, 0.25) is 0 Å². The lowest BCUT2D eigenvalue weighted by Crippen LogP contribution is -2.28.